The first-order chi connectivity index (χ1) is 20.7. The third-order valence-electron chi connectivity index (χ3n) is 8.78. The van der Waals surface area contributed by atoms with E-state index in [0.717, 1.165) is 28.1 Å². The molecule has 1 aliphatic heterocycles. The van der Waals surface area contributed by atoms with Gasteiger partial charge in [0.05, 0.1) is 19.9 Å². The number of piperidine rings is 1. The summed E-state index contributed by atoms with van der Waals surface area (Å²) < 4.78 is 25.4. The second-order valence-corrected chi connectivity index (χ2v) is 11.2. The number of fused-ring (bicyclic) bond motifs is 1. The number of anilines is 2. The first-order valence-electron chi connectivity index (χ1n) is 14.9. The smallest absolute Gasteiger partial charge is 0.253 e. The Kier molecular flexibility index (Phi) is 8.76. The molecule has 1 fully saturated rings. The average Bonchev–Trinajstić information content (AvgIpc) is 3.35. The molecule has 2 aliphatic rings. The van der Waals surface area contributed by atoms with Crippen LogP contribution in [0.3, 0.4) is 0 Å². The highest BCUT2D eigenvalue weighted by atomic mass is 19.1. The van der Waals surface area contributed by atoms with Crippen molar-refractivity contribution in [2.45, 2.75) is 51.6 Å². The number of hydrogen-bond donors (Lipinski definition) is 1. The maximum atomic E-state index is 14.6. The summed E-state index contributed by atoms with van der Waals surface area (Å²) in [6.07, 6.45) is 4.27. The number of allylic oxidation sites excluding steroid dienone is 1. The predicted molar refractivity (Wildman–Crippen MR) is 167 cm³/mol. The Labute approximate surface area is 252 Å². The molecule has 0 saturated carbocycles. The van der Waals surface area contributed by atoms with Crippen LogP contribution in [-0.4, -0.2) is 61.2 Å². The number of Topliss-reactive ketones (excluding diaryl/α,β-unsaturated/α-hetero) is 1. The number of ether oxygens (including phenoxy) is 2. The predicted octanol–water partition coefficient (Wildman–Crippen LogP) is 7.13. The van der Waals surface area contributed by atoms with Crippen molar-refractivity contribution in [2.24, 2.45) is 0 Å². The van der Waals surface area contributed by atoms with E-state index < -0.39 is 5.67 Å². The number of phenolic OH excluding ortho intramolecular Hbond substituents is 1. The quantitative estimate of drug-likeness (QED) is 0.272. The normalized spacial score (nSPS) is 15.6. The molecule has 0 spiro atoms. The molecule has 0 aromatic heterocycles. The number of nitrogens with zero attached hydrogens (tertiary/aromatic N) is 2. The molecule has 0 radical (unpaired) electrons. The van der Waals surface area contributed by atoms with Gasteiger partial charge in [0, 0.05) is 48.1 Å². The number of likely N-dealkylation sites (tertiary alicyclic amines) is 1. The number of ketones is 1. The minimum Gasteiger partial charge on any atom is -0.506 e. The Morgan fingerprint density at radius 1 is 1.00 bits per heavy atom. The molecule has 7 nitrogen and oxygen atoms in total. The summed E-state index contributed by atoms with van der Waals surface area (Å²) in [6.45, 7) is 5.10. The fourth-order valence-corrected chi connectivity index (χ4v) is 6.01. The summed E-state index contributed by atoms with van der Waals surface area (Å²) in [7, 11) is 3.23. The number of carbonyl (C=O) groups is 2. The molecule has 0 atom stereocenters. The van der Waals surface area contributed by atoms with Crippen LogP contribution in [0.5, 0.6) is 17.2 Å². The summed E-state index contributed by atoms with van der Waals surface area (Å²) in [6, 6.07) is 16.3. The highest BCUT2D eigenvalue weighted by Crippen LogP contribution is 2.38. The fraction of sp³-hybridized carbons (Fsp3) is 0.371. The van der Waals surface area contributed by atoms with Crippen molar-refractivity contribution in [3.05, 3.63) is 82.4 Å². The minimum atomic E-state index is -1.20. The number of carbonyl (C=O) groups excluding carboxylic acids is 2. The summed E-state index contributed by atoms with van der Waals surface area (Å²) in [4.78, 5) is 29.9. The number of hydrogen-bond acceptors (Lipinski definition) is 6. The van der Waals surface area contributed by atoms with Crippen LogP contribution >= 0.6 is 0 Å². The van der Waals surface area contributed by atoms with Crippen LogP contribution in [0.4, 0.5) is 15.8 Å². The second-order valence-electron chi connectivity index (χ2n) is 11.2. The van der Waals surface area contributed by atoms with Gasteiger partial charge in [0.2, 0.25) is 0 Å². The molecule has 226 valence electrons. The van der Waals surface area contributed by atoms with Crippen LogP contribution in [0, 0.1) is 0 Å². The summed E-state index contributed by atoms with van der Waals surface area (Å²) in [5.41, 5.74) is 3.79. The van der Waals surface area contributed by atoms with Crippen molar-refractivity contribution in [3.63, 3.8) is 0 Å². The van der Waals surface area contributed by atoms with E-state index in [1.807, 2.05) is 61.2 Å². The zero-order valence-electron chi connectivity index (χ0n) is 25.3. The van der Waals surface area contributed by atoms with Gasteiger partial charge in [0.1, 0.15) is 22.9 Å². The van der Waals surface area contributed by atoms with Crippen molar-refractivity contribution >= 4 is 29.1 Å². The maximum absolute atomic E-state index is 14.6. The lowest BCUT2D eigenvalue weighted by molar-refractivity contribution is 0.0419. The molecule has 1 aliphatic carbocycles. The molecule has 1 saturated heterocycles. The van der Waals surface area contributed by atoms with Gasteiger partial charge < -0.3 is 24.4 Å². The van der Waals surface area contributed by atoms with Gasteiger partial charge in [-0.1, -0.05) is 13.0 Å². The van der Waals surface area contributed by atoms with Crippen LogP contribution in [0.15, 0.2) is 60.2 Å². The minimum absolute atomic E-state index is 0.0145. The first-order valence-corrected chi connectivity index (χ1v) is 14.9. The Hall–Kier alpha value is -4.33. The van der Waals surface area contributed by atoms with Gasteiger partial charge in [-0.05, 0) is 98.7 Å². The number of benzene rings is 3. The molecule has 1 N–H and O–H groups in total. The van der Waals surface area contributed by atoms with Gasteiger partial charge in [-0.15, -0.1) is 0 Å². The highest BCUT2D eigenvalue weighted by molar-refractivity contribution is 6.18. The van der Waals surface area contributed by atoms with Gasteiger partial charge in [0.15, 0.2) is 5.78 Å². The molecular formula is C35H39FN2O5. The Bertz CT molecular complexity index is 1560. The molecule has 8 heteroatoms. The van der Waals surface area contributed by atoms with Gasteiger partial charge >= 0.3 is 0 Å². The first kappa shape index (κ1) is 30.1. The lowest BCUT2D eigenvalue weighted by atomic mass is 9.90. The Morgan fingerprint density at radius 2 is 1.77 bits per heavy atom. The van der Waals surface area contributed by atoms with E-state index in [2.05, 4.69) is 0 Å². The average molecular weight is 587 g/mol. The zero-order chi connectivity index (χ0) is 30.7. The van der Waals surface area contributed by atoms with Crippen molar-refractivity contribution in [2.75, 3.05) is 38.8 Å². The van der Waals surface area contributed by atoms with E-state index in [1.54, 1.807) is 31.3 Å². The van der Waals surface area contributed by atoms with E-state index >= 15 is 0 Å². The number of aryl methyl sites for hydroxylation is 1. The molecular weight excluding hydrogens is 547 g/mol. The van der Waals surface area contributed by atoms with E-state index in [4.69, 9.17) is 9.47 Å². The monoisotopic (exact) mass is 586 g/mol. The number of alkyl halides is 1. The van der Waals surface area contributed by atoms with E-state index in [9.17, 15) is 19.1 Å². The molecule has 0 bridgehead atoms. The third kappa shape index (κ3) is 6.10. The van der Waals surface area contributed by atoms with Gasteiger partial charge in [-0.3, -0.25) is 9.59 Å². The molecule has 1 heterocycles. The number of phenols is 1. The summed E-state index contributed by atoms with van der Waals surface area (Å²) >= 11 is 0. The summed E-state index contributed by atoms with van der Waals surface area (Å²) in [5.74, 6) is 1.24. The fourth-order valence-electron chi connectivity index (χ4n) is 6.01. The lowest BCUT2D eigenvalue weighted by Gasteiger charge is -2.36. The van der Waals surface area contributed by atoms with Crippen LogP contribution in [0.25, 0.3) is 6.08 Å². The van der Waals surface area contributed by atoms with Crippen molar-refractivity contribution in [1.82, 2.24) is 4.90 Å². The standard InChI is InChI=1S/C35H39FN2O5/c1-5-35(36)15-17-37(18-16-35)34(41)25-10-14-30(31(39)21-25)38(6-2)27-11-13-29-26(20-27)19-24(33(29)40)8-7-23-9-12-28(42-3)22-32(23)43-4/h9-14,19-22,39H,5-8,15-18H2,1-4H3. The molecule has 1 amide bonds. The van der Waals surface area contributed by atoms with Crippen LogP contribution in [0.1, 0.15) is 71.4 Å². The highest BCUT2D eigenvalue weighted by Gasteiger charge is 2.34. The molecule has 0 unspecified atom stereocenters. The zero-order valence-corrected chi connectivity index (χ0v) is 25.3. The number of methoxy groups -OCH3 is 2. The lowest BCUT2D eigenvalue weighted by Crippen LogP contribution is -2.44. The van der Waals surface area contributed by atoms with Gasteiger partial charge in [0.25, 0.3) is 5.91 Å². The topological polar surface area (TPSA) is 79.3 Å². The van der Waals surface area contributed by atoms with Crippen molar-refractivity contribution < 1.29 is 28.6 Å². The van der Waals surface area contributed by atoms with E-state index in [-0.39, 0.29) is 17.4 Å². The molecule has 5 rings (SSSR count). The second kappa shape index (κ2) is 12.5. The number of amides is 1. The summed E-state index contributed by atoms with van der Waals surface area (Å²) in [5, 5.41) is 11.0. The Morgan fingerprint density at radius 3 is 2.42 bits per heavy atom. The van der Waals surface area contributed by atoms with Crippen LogP contribution < -0.4 is 14.4 Å². The van der Waals surface area contributed by atoms with Gasteiger partial charge in [-0.25, -0.2) is 4.39 Å². The van der Waals surface area contributed by atoms with Crippen molar-refractivity contribution in [3.8, 4) is 17.2 Å². The molecule has 3 aromatic rings. The van der Waals surface area contributed by atoms with E-state index in [0.29, 0.717) is 74.3 Å². The third-order valence-corrected chi connectivity index (χ3v) is 8.78. The largest absolute Gasteiger partial charge is 0.506 e. The SMILES string of the molecule is CCN(c1ccc2c(c1)C=C(CCc1ccc(OC)cc1OC)C2=O)c1ccc(C(=O)N2CCC(F)(CC)CC2)cc1O. The van der Waals surface area contributed by atoms with Gasteiger partial charge in [-0.2, -0.15) is 0 Å². The van der Waals surface area contributed by atoms with Crippen molar-refractivity contribution in [1.29, 1.82) is 0 Å². The van der Waals surface area contributed by atoms with E-state index in [1.165, 1.54) is 6.07 Å². The van der Waals surface area contributed by atoms with Crippen LogP contribution in [0.2, 0.25) is 0 Å². The van der Waals surface area contributed by atoms with Crippen LogP contribution in [-0.2, 0) is 6.42 Å². The number of rotatable bonds is 10. The number of aromatic hydroxyl groups is 1. The number of halogens is 1. The Balaban J connectivity index is 1.31. The maximum Gasteiger partial charge on any atom is 0.253 e. The molecule has 3 aromatic carbocycles. The molecule has 43 heavy (non-hydrogen) atoms.